The molecule has 1 aliphatic heterocycles. The molecule has 1 N–H and O–H groups in total. The Kier molecular flexibility index (Phi) is 7.93. The summed E-state index contributed by atoms with van der Waals surface area (Å²) in [5.41, 5.74) is 0.452. The summed E-state index contributed by atoms with van der Waals surface area (Å²) in [5, 5.41) is 3.45. The van der Waals surface area contributed by atoms with Gasteiger partial charge < -0.3 is 10.2 Å². The number of fused-ring (bicyclic) bond motifs is 1. The van der Waals surface area contributed by atoms with Crippen LogP contribution in [0.25, 0.3) is 10.2 Å². The standard InChI is InChI=1S/C25H26ClN7O4S2/c1-17-22(39(36,37)33-13-11-31(12-14-33)25-28-8-2-9-29-25)21-23(38-17)30-16-32(24(21)35)15-20(34)27-10-7-18-3-5-19(26)6-4-18/h2-6,8-9,16H,7,10-15H2,1H3,(H,27,34). The number of carbonyl (C=O) groups excluding carboxylic acids is 1. The maximum absolute atomic E-state index is 13.7. The zero-order valence-corrected chi connectivity index (χ0v) is 23.5. The van der Waals surface area contributed by atoms with Crippen LogP contribution in [0.2, 0.25) is 5.02 Å². The van der Waals surface area contributed by atoms with Gasteiger partial charge in [-0.25, -0.2) is 23.4 Å². The number of piperazine rings is 1. The normalized spacial score (nSPS) is 14.6. The number of hydrogen-bond donors (Lipinski definition) is 1. The average molecular weight is 588 g/mol. The highest BCUT2D eigenvalue weighted by Gasteiger charge is 2.34. The third-order valence-electron chi connectivity index (χ3n) is 6.43. The highest BCUT2D eigenvalue weighted by molar-refractivity contribution is 7.89. The van der Waals surface area contributed by atoms with E-state index in [-0.39, 0.29) is 35.8 Å². The Hall–Kier alpha value is -3.39. The minimum atomic E-state index is -3.98. The first-order chi connectivity index (χ1) is 18.7. The van der Waals surface area contributed by atoms with E-state index in [1.54, 1.807) is 37.5 Å². The number of anilines is 1. The van der Waals surface area contributed by atoms with Gasteiger partial charge in [-0.1, -0.05) is 23.7 Å². The number of nitrogens with one attached hydrogen (secondary N) is 1. The topological polar surface area (TPSA) is 130 Å². The first kappa shape index (κ1) is 27.2. The fourth-order valence-electron chi connectivity index (χ4n) is 4.46. The Bertz CT molecular complexity index is 1650. The van der Waals surface area contributed by atoms with Gasteiger partial charge in [-0.3, -0.25) is 14.2 Å². The van der Waals surface area contributed by atoms with E-state index in [1.165, 1.54) is 10.6 Å². The lowest BCUT2D eigenvalue weighted by atomic mass is 10.1. The van der Waals surface area contributed by atoms with Crippen LogP contribution in [0.5, 0.6) is 0 Å². The lowest BCUT2D eigenvalue weighted by molar-refractivity contribution is -0.121. The summed E-state index contributed by atoms with van der Waals surface area (Å²) >= 11 is 7.05. The van der Waals surface area contributed by atoms with E-state index in [4.69, 9.17) is 11.6 Å². The molecule has 4 heterocycles. The van der Waals surface area contributed by atoms with Gasteiger partial charge in [0.1, 0.15) is 16.3 Å². The van der Waals surface area contributed by atoms with Crippen LogP contribution in [0, 0.1) is 6.92 Å². The summed E-state index contributed by atoms with van der Waals surface area (Å²) in [4.78, 5) is 41.5. The lowest BCUT2D eigenvalue weighted by Gasteiger charge is -2.33. The van der Waals surface area contributed by atoms with Gasteiger partial charge in [0.15, 0.2) is 0 Å². The van der Waals surface area contributed by atoms with E-state index in [2.05, 4.69) is 20.3 Å². The second kappa shape index (κ2) is 11.4. The van der Waals surface area contributed by atoms with Crippen molar-refractivity contribution in [1.29, 1.82) is 0 Å². The lowest BCUT2D eigenvalue weighted by Crippen LogP contribution is -2.49. The Morgan fingerprint density at radius 2 is 1.77 bits per heavy atom. The van der Waals surface area contributed by atoms with Crippen LogP contribution < -0.4 is 15.8 Å². The molecule has 4 aromatic rings. The third kappa shape index (κ3) is 5.81. The van der Waals surface area contributed by atoms with Crippen molar-refractivity contribution >= 4 is 55.0 Å². The summed E-state index contributed by atoms with van der Waals surface area (Å²) in [6.45, 7) is 3.06. The molecule has 14 heteroatoms. The zero-order valence-electron chi connectivity index (χ0n) is 21.1. The number of rotatable bonds is 8. The molecule has 1 saturated heterocycles. The van der Waals surface area contributed by atoms with E-state index in [9.17, 15) is 18.0 Å². The van der Waals surface area contributed by atoms with Gasteiger partial charge >= 0.3 is 0 Å². The number of amides is 1. The molecule has 0 saturated carbocycles. The fourth-order valence-corrected chi connectivity index (χ4v) is 7.67. The predicted molar refractivity (Wildman–Crippen MR) is 150 cm³/mol. The Balaban J connectivity index is 1.31. The number of aromatic nitrogens is 4. The number of hydrogen-bond acceptors (Lipinski definition) is 9. The van der Waals surface area contributed by atoms with Crippen LogP contribution in [0.15, 0.2) is 58.7 Å². The number of sulfonamides is 1. The molecule has 0 atom stereocenters. The van der Waals surface area contributed by atoms with Crippen molar-refractivity contribution in [1.82, 2.24) is 29.1 Å². The highest BCUT2D eigenvalue weighted by atomic mass is 35.5. The minimum absolute atomic E-state index is 0.0165. The molecule has 0 aliphatic carbocycles. The molecule has 0 bridgehead atoms. The van der Waals surface area contributed by atoms with Crippen molar-refractivity contribution in [2.75, 3.05) is 37.6 Å². The average Bonchev–Trinajstić information content (AvgIpc) is 3.29. The molecule has 1 aromatic carbocycles. The number of nitrogens with zero attached hydrogens (tertiary/aromatic N) is 6. The molecule has 1 fully saturated rings. The van der Waals surface area contributed by atoms with E-state index < -0.39 is 15.6 Å². The van der Waals surface area contributed by atoms with E-state index in [0.29, 0.717) is 46.7 Å². The smallest absolute Gasteiger partial charge is 0.263 e. The molecular weight excluding hydrogens is 562 g/mol. The molecule has 204 valence electrons. The molecule has 5 rings (SSSR count). The van der Waals surface area contributed by atoms with Crippen molar-refractivity contribution in [2.24, 2.45) is 0 Å². The highest BCUT2D eigenvalue weighted by Crippen LogP contribution is 2.33. The molecule has 1 aliphatic rings. The molecule has 39 heavy (non-hydrogen) atoms. The largest absolute Gasteiger partial charge is 0.354 e. The van der Waals surface area contributed by atoms with Crippen LogP contribution in [0.3, 0.4) is 0 Å². The fraction of sp³-hybridized carbons (Fsp3) is 0.320. The van der Waals surface area contributed by atoms with Gasteiger partial charge in [0, 0.05) is 55.0 Å². The Labute approximate surface area is 234 Å². The molecule has 3 aromatic heterocycles. The van der Waals surface area contributed by atoms with Crippen molar-refractivity contribution in [3.8, 4) is 0 Å². The van der Waals surface area contributed by atoms with Crippen LogP contribution in [-0.4, -0.2) is 70.9 Å². The monoisotopic (exact) mass is 587 g/mol. The summed E-state index contributed by atoms with van der Waals surface area (Å²) < 4.78 is 30.0. The number of benzene rings is 1. The van der Waals surface area contributed by atoms with E-state index in [0.717, 1.165) is 21.5 Å². The Morgan fingerprint density at radius 3 is 2.46 bits per heavy atom. The van der Waals surface area contributed by atoms with Crippen molar-refractivity contribution in [3.63, 3.8) is 0 Å². The van der Waals surface area contributed by atoms with Gasteiger partial charge in [0.05, 0.1) is 11.7 Å². The first-order valence-corrected chi connectivity index (χ1v) is 14.9. The molecule has 1 amide bonds. The maximum Gasteiger partial charge on any atom is 0.263 e. The zero-order chi connectivity index (χ0) is 27.6. The van der Waals surface area contributed by atoms with Gasteiger partial charge in [-0.2, -0.15) is 4.31 Å². The quantitative estimate of drug-likeness (QED) is 0.332. The first-order valence-electron chi connectivity index (χ1n) is 12.3. The van der Waals surface area contributed by atoms with Crippen molar-refractivity contribution < 1.29 is 13.2 Å². The van der Waals surface area contributed by atoms with Crippen LogP contribution in [0.1, 0.15) is 10.4 Å². The van der Waals surface area contributed by atoms with Crippen LogP contribution >= 0.6 is 22.9 Å². The van der Waals surface area contributed by atoms with Crippen molar-refractivity contribution in [3.05, 3.63) is 74.9 Å². The summed E-state index contributed by atoms with van der Waals surface area (Å²) in [6, 6.07) is 9.05. The SMILES string of the molecule is Cc1sc2ncn(CC(=O)NCCc3ccc(Cl)cc3)c(=O)c2c1S(=O)(=O)N1CCN(c2ncccn2)CC1. The molecule has 0 radical (unpaired) electrons. The molecule has 11 nitrogen and oxygen atoms in total. The third-order valence-corrected chi connectivity index (χ3v) is 9.90. The van der Waals surface area contributed by atoms with Gasteiger partial charge in [0.25, 0.3) is 5.56 Å². The summed E-state index contributed by atoms with van der Waals surface area (Å²) in [5.74, 6) is 0.174. The maximum atomic E-state index is 13.7. The number of carbonyl (C=O) groups is 1. The second-order valence-electron chi connectivity index (χ2n) is 9.01. The number of halogens is 1. The second-order valence-corrected chi connectivity index (χ2v) is 12.5. The van der Waals surface area contributed by atoms with E-state index in [1.807, 2.05) is 17.0 Å². The molecule has 0 unspecified atom stereocenters. The molecule has 0 spiro atoms. The number of thiophene rings is 1. The van der Waals surface area contributed by atoms with Gasteiger partial charge in [-0.15, -0.1) is 11.3 Å². The minimum Gasteiger partial charge on any atom is -0.354 e. The molecular formula is C25H26ClN7O4S2. The number of aryl methyl sites for hydroxylation is 1. The van der Waals surface area contributed by atoms with Crippen LogP contribution in [-0.2, 0) is 27.8 Å². The summed E-state index contributed by atoms with van der Waals surface area (Å²) in [6.07, 6.45) is 5.17. The van der Waals surface area contributed by atoms with Gasteiger partial charge in [-0.05, 0) is 37.1 Å². The predicted octanol–water partition coefficient (Wildman–Crippen LogP) is 2.08. The van der Waals surface area contributed by atoms with E-state index >= 15 is 0 Å². The van der Waals surface area contributed by atoms with Crippen molar-refractivity contribution in [2.45, 2.75) is 24.8 Å². The Morgan fingerprint density at radius 1 is 1.08 bits per heavy atom. The van der Waals surface area contributed by atoms with Crippen LogP contribution in [0.4, 0.5) is 5.95 Å². The summed E-state index contributed by atoms with van der Waals surface area (Å²) in [7, 11) is -3.98. The van der Waals surface area contributed by atoms with Gasteiger partial charge in [0.2, 0.25) is 21.9 Å².